The molecule has 1 aliphatic rings. The third kappa shape index (κ3) is 3.18. The van der Waals surface area contributed by atoms with Gasteiger partial charge in [0.1, 0.15) is 5.69 Å². The van der Waals surface area contributed by atoms with Crippen molar-refractivity contribution in [3.05, 3.63) is 28.3 Å². The van der Waals surface area contributed by atoms with E-state index in [-0.39, 0.29) is 23.6 Å². The van der Waals surface area contributed by atoms with Gasteiger partial charge in [-0.1, -0.05) is 5.21 Å². The molecular formula is C15H19F3N6O2. The number of amides is 1. The van der Waals surface area contributed by atoms with Crippen LogP contribution in [-0.4, -0.2) is 36.8 Å². The molecule has 3 heterocycles. The maximum absolute atomic E-state index is 13.1. The maximum atomic E-state index is 13.1. The number of hydrogen-bond donors (Lipinski definition) is 1. The molecule has 0 radical (unpaired) electrons. The number of ether oxygens (including phenoxy) is 1. The molecule has 3 rings (SSSR count). The Morgan fingerprint density at radius 1 is 1.31 bits per heavy atom. The van der Waals surface area contributed by atoms with E-state index in [1.54, 1.807) is 11.7 Å². The molecule has 0 spiro atoms. The summed E-state index contributed by atoms with van der Waals surface area (Å²) >= 11 is 0. The van der Waals surface area contributed by atoms with Gasteiger partial charge in [0, 0.05) is 26.1 Å². The number of alkyl halides is 3. The van der Waals surface area contributed by atoms with Crippen molar-refractivity contribution < 1.29 is 22.7 Å². The summed E-state index contributed by atoms with van der Waals surface area (Å²) in [5.41, 5.74) is 0.414. The molecule has 2 aromatic heterocycles. The highest BCUT2D eigenvalue weighted by atomic mass is 19.4. The van der Waals surface area contributed by atoms with Crippen LogP contribution in [0.3, 0.4) is 0 Å². The van der Waals surface area contributed by atoms with Gasteiger partial charge in [-0.3, -0.25) is 9.48 Å². The molecule has 26 heavy (non-hydrogen) atoms. The molecule has 0 bridgehead atoms. The van der Waals surface area contributed by atoms with Gasteiger partial charge >= 0.3 is 6.18 Å². The van der Waals surface area contributed by atoms with Gasteiger partial charge in [0.05, 0.1) is 24.4 Å². The summed E-state index contributed by atoms with van der Waals surface area (Å²) in [7, 11) is 2.86. The minimum atomic E-state index is -4.61. The zero-order chi connectivity index (χ0) is 19.2. The smallest absolute Gasteiger partial charge is 0.369 e. The Hall–Kier alpha value is -2.43. The predicted molar refractivity (Wildman–Crippen MR) is 83.0 cm³/mol. The second-order valence-corrected chi connectivity index (χ2v) is 6.32. The van der Waals surface area contributed by atoms with Crippen molar-refractivity contribution in [2.24, 2.45) is 14.1 Å². The van der Waals surface area contributed by atoms with Gasteiger partial charge in [-0.25, -0.2) is 4.68 Å². The molecule has 0 saturated heterocycles. The summed E-state index contributed by atoms with van der Waals surface area (Å²) in [4.78, 5) is 12.5. The minimum absolute atomic E-state index is 0.0786. The minimum Gasteiger partial charge on any atom is -0.369 e. The number of hydrogen-bond acceptors (Lipinski definition) is 5. The molecule has 142 valence electrons. The second-order valence-electron chi connectivity index (χ2n) is 6.32. The third-order valence-corrected chi connectivity index (χ3v) is 4.30. The summed E-state index contributed by atoms with van der Waals surface area (Å²) in [5.74, 6) is -0.554. The number of carbonyl (C=O) groups excluding carboxylic acids is 1. The Morgan fingerprint density at radius 3 is 2.65 bits per heavy atom. The topological polar surface area (TPSA) is 86.9 Å². The highest BCUT2D eigenvalue weighted by Gasteiger charge is 2.38. The van der Waals surface area contributed by atoms with E-state index in [2.05, 4.69) is 20.7 Å². The molecule has 1 aliphatic heterocycles. The first-order valence-electron chi connectivity index (χ1n) is 8.04. The normalized spacial score (nSPS) is 20.1. The Morgan fingerprint density at radius 2 is 2.00 bits per heavy atom. The SMILES string of the molecule is C[C@@H]1Cc2c(C(=O)NCc3nnn(C)c3C(F)(F)F)nn(C)c2[C@H](C)O1. The standard InChI is InChI=1S/C15H19F3N6O2/c1-7-5-9-11(21-23(3)12(9)8(2)26-7)14(25)19-6-10-13(15(16,17)18)24(4)22-20-10/h7-8H,5-6H2,1-4H3,(H,19,25)/t7-,8+/m1/s1. The van der Waals surface area contributed by atoms with Gasteiger partial charge in [0.2, 0.25) is 0 Å². The molecule has 0 unspecified atom stereocenters. The lowest BCUT2D eigenvalue weighted by atomic mass is 9.99. The average Bonchev–Trinajstić information content (AvgIpc) is 3.05. The molecule has 0 fully saturated rings. The van der Waals surface area contributed by atoms with E-state index in [1.807, 2.05) is 13.8 Å². The Balaban J connectivity index is 1.82. The molecule has 1 N–H and O–H groups in total. The van der Waals surface area contributed by atoms with Gasteiger partial charge in [-0.2, -0.15) is 18.3 Å². The monoisotopic (exact) mass is 372 g/mol. The van der Waals surface area contributed by atoms with Crippen LogP contribution in [0.1, 0.15) is 53.1 Å². The van der Waals surface area contributed by atoms with Gasteiger partial charge in [-0.05, 0) is 13.8 Å². The van der Waals surface area contributed by atoms with Crippen LogP contribution in [0.4, 0.5) is 13.2 Å². The summed E-state index contributed by atoms with van der Waals surface area (Å²) in [6, 6.07) is 0. The molecular weight excluding hydrogens is 353 g/mol. The van der Waals surface area contributed by atoms with E-state index in [4.69, 9.17) is 4.74 Å². The molecule has 0 aliphatic carbocycles. The van der Waals surface area contributed by atoms with E-state index in [0.717, 1.165) is 18.3 Å². The Labute approximate surface area is 147 Å². The first-order valence-corrected chi connectivity index (χ1v) is 8.04. The van der Waals surface area contributed by atoms with Crippen molar-refractivity contribution in [3.8, 4) is 0 Å². The third-order valence-electron chi connectivity index (χ3n) is 4.30. The van der Waals surface area contributed by atoms with Crippen molar-refractivity contribution in [3.63, 3.8) is 0 Å². The van der Waals surface area contributed by atoms with Crippen LogP contribution in [0.2, 0.25) is 0 Å². The van der Waals surface area contributed by atoms with E-state index in [0.29, 0.717) is 11.1 Å². The number of fused-ring (bicyclic) bond motifs is 1. The van der Waals surface area contributed by atoms with Crippen LogP contribution in [0.25, 0.3) is 0 Å². The van der Waals surface area contributed by atoms with Crippen molar-refractivity contribution in [2.75, 3.05) is 0 Å². The van der Waals surface area contributed by atoms with Gasteiger partial charge < -0.3 is 10.1 Å². The zero-order valence-electron chi connectivity index (χ0n) is 14.8. The molecule has 8 nitrogen and oxygen atoms in total. The van der Waals surface area contributed by atoms with Crippen molar-refractivity contribution in [1.82, 2.24) is 30.1 Å². The fraction of sp³-hybridized carbons (Fsp3) is 0.600. The van der Waals surface area contributed by atoms with Crippen molar-refractivity contribution >= 4 is 5.91 Å². The van der Waals surface area contributed by atoms with E-state index in [9.17, 15) is 18.0 Å². The lowest BCUT2D eigenvalue weighted by Gasteiger charge is -2.26. The van der Waals surface area contributed by atoms with Crippen LogP contribution < -0.4 is 5.32 Å². The van der Waals surface area contributed by atoms with Gasteiger partial charge in [-0.15, -0.1) is 5.10 Å². The number of nitrogens with one attached hydrogen (secondary N) is 1. The molecule has 0 aromatic carbocycles. The number of halogens is 3. The Kier molecular flexibility index (Phi) is 4.51. The van der Waals surface area contributed by atoms with Crippen LogP contribution in [0.5, 0.6) is 0 Å². The quantitative estimate of drug-likeness (QED) is 0.883. The second kappa shape index (κ2) is 6.38. The first-order chi connectivity index (χ1) is 12.1. The maximum Gasteiger partial charge on any atom is 0.434 e. The molecule has 1 amide bonds. The summed E-state index contributed by atoms with van der Waals surface area (Å²) in [6.07, 6.45) is -4.39. The van der Waals surface area contributed by atoms with E-state index in [1.165, 1.54) is 0 Å². The summed E-state index contributed by atoms with van der Waals surface area (Å²) in [6.45, 7) is 3.37. The summed E-state index contributed by atoms with van der Waals surface area (Å²) < 4.78 is 47.1. The number of aryl methyl sites for hydroxylation is 2. The highest BCUT2D eigenvalue weighted by Crippen LogP contribution is 2.32. The Bertz CT molecular complexity index is 841. The zero-order valence-corrected chi connectivity index (χ0v) is 14.8. The molecule has 0 saturated carbocycles. The average molecular weight is 372 g/mol. The lowest BCUT2D eigenvalue weighted by molar-refractivity contribution is -0.144. The van der Waals surface area contributed by atoms with E-state index >= 15 is 0 Å². The summed E-state index contributed by atoms with van der Waals surface area (Å²) in [5, 5.41) is 13.6. The van der Waals surface area contributed by atoms with Crippen LogP contribution in [0.15, 0.2) is 0 Å². The number of nitrogens with zero attached hydrogens (tertiary/aromatic N) is 5. The number of aromatic nitrogens is 5. The van der Waals surface area contributed by atoms with Gasteiger partial charge in [0.25, 0.3) is 5.91 Å². The van der Waals surface area contributed by atoms with E-state index < -0.39 is 24.3 Å². The van der Waals surface area contributed by atoms with Gasteiger partial charge in [0.15, 0.2) is 11.4 Å². The number of rotatable bonds is 3. The molecule has 2 aromatic rings. The largest absolute Gasteiger partial charge is 0.434 e. The van der Waals surface area contributed by atoms with Crippen LogP contribution in [-0.2, 0) is 38.0 Å². The van der Waals surface area contributed by atoms with Crippen LogP contribution >= 0.6 is 0 Å². The predicted octanol–water partition coefficient (Wildman–Crippen LogP) is 1.52. The molecule has 11 heteroatoms. The highest BCUT2D eigenvalue weighted by molar-refractivity contribution is 5.94. The number of carbonyl (C=O) groups is 1. The van der Waals surface area contributed by atoms with Crippen molar-refractivity contribution in [2.45, 2.75) is 45.2 Å². The van der Waals surface area contributed by atoms with Crippen LogP contribution in [0, 0.1) is 0 Å². The molecule has 2 atom stereocenters. The fourth-order valence-corrected chi connectivity index (χ4v) is 3.34. The van der Waals surface area contributed by atoms with Crippen molar-refractivity contribution in [1.29, 1.82) is 0 Å². The lowest BCUT2D eigenvalue weighted by Crippen LogP contribution is -2.28. The first kappa shape index (κ1) is 18.4. The fourth-order valence-electron chi connectivity index (χ4n) is 3.34.